The van der Waals surface area contributed by atoms with Gasteiger partial charge in [0.2, 0.25) is 0 Å². The molecule has 5 heteroatoms. The number of nitrogens with two attached hydrogens (primary N) is 1. The van der Waals surface area contributed by atoms with Crippen molar-refractivity contribution in [3.05, 3.63) is 29.6 Å². The molecule has 0 saturated heterocycles. The minimum atomic E-state index is -0.735. The lowest BCUT2D eigenvalue weighted by atomic mass is 10.1. The maximum absolute atomic E-state index is 13.2. The van der Waals surface area contributed by atoms with E-state index in [0.717, 1.165) is 6.07 Å². The Morgan fingerprint density at radius 3 is 2.80 bits per heavy atom. The first-order valence-corrected chi connectivity index (χ1v) is 4.63. The molecule has 0 heterocycles. The maximum Gasteiger partial charge on any atom is 0.258 e. The molecule has 1 saturated carbocycles. The van der Waals surface area contributed by atoms with Gasteiger partial charge in [-0.2, -0.15) is 0 Å². The van der Waals surface area contributed by atoms with Gasteiger partial charge in [-0.1, -0.05) is 6.07 Å². The van der Waals surface area contributed by atoms with Crippen LogP contribution in [0, 0.1) is 5.82 Å². The summed E-state index contributed by atoms with van der Waals surface area (Å²) in [7, 11) is 0. The number of carbonyl (C=O) groups excluding carboxylic acids is 1. The van der Waals surface area contributed by atoms with Gasteiger partial charge in [0.05, 0.1) is 0 Å². The van der Waals surface area contributed by atoms with E-state index in [4.69, 9.17) is 5.73 Å². The molecule has 0 bridgehead atoms. The van der Waals surface area contributed by atoms with Crippen LogP contribution in [0.2, 0.25) is 0 Å². The summed E-state index contributed by atoms with van der Waals surface area (Å²) in [6.07, 6.45) is 0.695. The number of halogens is 1. The quantitative estimate of drug-likeness (QED) is 0.659. The molecule has 4 nitrogen and oxygen atoms in total. The summed E-state index contributed by atoms with van der Waals surface area (Å²) >= 11 is 0. The largest absolute Gasteiger partial charge is 0.507 e. The number of hydrogen-bond donors (Lipinski definition) is 3. The Balaban J connectivity index is 2.17. The standard InChI is InChI=1S/C10H11FN2O2/c11-5-2-1-3-8(14)9(5)10(15)13-7-4-6(7)12/h1-3,6-7,14H,4,12H2,(H,13,15). The number of nitrogens with one attached hydrogen (secondary N) is 1. The van der Waals surface area contributed by atoms with Crippen LogP contribution in [0.5, 0.6) is 5.75 Å². The van der Waals surface area contributed by atoms with Crippen molar-refractivity contribution >= 4 is 5.91 Å². The highest BCUT2D eigenvalue weighted by Gasteiger charge is 2.35. The molecule has 1 amide bonds. The van der Waals surface area contributed by atoms with Gasteiger partial charge in [0.1, 0.15) is 17.1 Å². The van der Waals surface area contributed by atoms with Crippen molar-refractivity contribution in [2.24, 2.45) is 5.73 Å². The fraction of sp³-hybridized carbons (Fsp3) is 0.300. The van der Waals surface area contributed by atoms with E-state index < -0.39 is 11.7 Å². The predicted octanol–water partition coefficient (Wildman–Crippen LogP) is 0.361. The smallest absolute Gasteiger partial charge is 0.258 e. The van der Waals surface area contributed by atoms with Gasteiger partial charge in [0, 0.05) is 12.1 Å². The van der Waals surface area contributed by atoms with E-state index in [-0.39, 0.29) is 23.4 Å². The van der Waals surface area contributed by atoms with Crippen LogP contribution >= 0.6 is 0 Å². The van der Waals surface area contributed by atoms with E-state index in [0.29, 0.717) is 6.42 Å². The summed E-state index contributed by atoms with van der Waals surface area (Å²) in [5.74, 6) is -1.72. The highest BCUT2D eigenvalue weighted by Crippen LogP contribution is 2.23. The van der Waals surface area contributed by atoms with Gasteiger partial charge < -0.3 is 16.2 Å². The average molecular weight is 210 g/mol. The number of benzene rings is 1. The van der Waals surface area contributed by atoms with E-state index in [1.165, 1.54) is 12.1 Å². The number of carbonyl (C=O) groups is 1. The normalized spacial score (nSPS) is 23.6. The molecule has 1 fully saturated rings. The van der Waals surface area contributed by atoms with Gasteiger partial charge in [-0.05, 0) is 18.6 Å². The van der Waals surface area contributed by atoms with Gasteiger partial charge in [0.25, 0.3) is 5.91 Å². The van der Waals surface area contributed by atoms with Crippen molar-refractivity contribution in [1.29, 1.82) is 0 Å². The number of amides is 1. The zero-order chi connectivity index (χ0) is 11.0. The van der Waals surface area contributed by atoms with Crippen molar-refractivity contribution in [2.75, 3.05) is 0 Å². The van der Waals surface area contributed by atoms with Crippen LogP contribution in [0.15, 0.2) is 18.2 Å². The summed E-state index contributed by atoms with van der Waals surface area (Å²) in [5, 5.41) is 11.9. The molecular weight excluding hydrogens is 199 g/mol. The molecule has 2 unspecified atom stereocenters. The lowest BCUT2D eigenvalue weighted by Crippen LogP contribution is -2.30. The van der Waals surface area contributed by atoms with Crippen molar-refractivity contribution in [3.63, 3.8) is 0 Å². The fourth-order valence-corrected chi connectivity index (χ4v) is 1.36. The molecule has 1 aromatic rings. The van der Waals surface area contributed by atoms with Gasteiger partial charge in [-0.15, -0.1) is 0 Å². The molecule has 1 aromatic carbocycles. The number of phenolic OH excluding ortho intramolecular Hbond substituents is 1. The zero-order valence-electron chi connectivity index (χ0n) is 7.90. The minimum Gasteiger partial charge on any atom is -0.507 e. The molecule has 0 spiro atoms. The Kier molecular flexibility index (Phi) is 2.32. The van der Waals surface area contributed by atoms with Crippen molar-refractivity contribution in [2.45, 2.75) is 18.5 Å². The zero-order valence-corrected chi connectivity index (χ0v) is 7.90. The highest BCUT2D eigenvalue weighted by atomic mass is 19.1. The molecule has 0 aliphatic heterocycles. The highest BCUT2D eigenvalue weighted by molar-refractivity contribution is 5.97. The summed E-state index contributed by atoms with van der Waals surface area (Å²) in [4.78, 5) is 11.5. The molecular formula is C10H11FN2O2. The monoisotopic (exact) mass is 210 g/mol. The van der Waals surface area contributed by atoms with Crippen molar-refractivity contribution in [1.82, 2.24) is 5.32 Å². The molecule has 4 N–H and O–H groups in total. The van der Waals surface area contributed by atoms with E-state index in [1.807, 2.05) is 0 Å². The second kappa shape index (κ2) is 3.51. The first-order valence-electron chi connectivity index (χ1n) is 4.63. The first-order chi connectivity index (χ1) is 7.09. The summed E-state index contributed by atoms with van der Waals surface area (Å²) in [6, 6.07) is 3.58. The van der Waals surface area contributed by atoms with Gasteiger partial charge >= 0.3 is 0 Å². The van der Waals surface area contributed by atoms with Crippen LogP contribution in [0.25, 0.3) is 0 Å². The van der Waals surface area contributed by atoms with Gasteiger partial charge in [-0.25, -0.2) is 4.39 Å². The third-order valence-electron chi connectivity index (χ3n) is 2.37. The van der Waals surface area contributed by atoms with Crippen LogP contribution in [0.4, 0.5) is 4.39 Å². The van der Waals surface area contributed by atoms with Gasteiger partial charge in [-0.3, -0.25) is 4.79 Å². The molecule has 2 rings (SSSR count). The Labute approximate surface area is 85.9 Å². The summed E-state index contributed by atoms with van der Waals surface area (Å²) in [5.41, 5.74) is 5.18. The van der Waals surface area contributed by atoms with Crippen LogP contribution in [-0.4, -0.2) is 23.1 Å². The lowest BCUT2D eigenvalue weighted by molar-refractivity contribution is 0.0943. The first kappa shape index (κ1) is 9.92. The third-order valence-corrected chi connectivity index (χ3v) is 2.37. The Bertz CT molecular complexity index is 388. The van der Waals surface area contributed by atoms with E-state index in [9.17, 15) is 14.3 Å². The Morgan fingerprint density at radius 1 is 1.60 bits per heavy atom. The molecule has 1 aliphatic carbocycles. The SMILES string of the molecule is NC1CC1NC(=O)c1c(O)cccc1F. The number of phenols is 1. The van der Waals surface area contributed by atoms with Crippen LogP contribution in [0.3, 0.4) is 0 Å². The van der Waals surface area contributed by atoms with Gasteiger partial charge in [0.15, 0.2) is 0 Å². The minimum absolute atomic E-state index is 0.0529. The van der Waals surface area contributed by atoms with Crippen LogP contribution < -0.4 is 11.1 Å². The lowest BCUT2D eigenvalue weighted by Gasteiger charge is -2.06. The van der Waals surface area contributed by atoms with E-state index in [1.54, 1.807) is 0 Å². The molecule has 15 heavy (non-hydrogen) atoms. The maximum atomic E-state index is 13.2. The van der Waals surface area contributed by atoms with Crippen molar-refractivity contribution in [3.8, 4) is 5.75 Å². The molecule has 2 atom stereocenters. The Morgan fingerprint density at radius 2 is 2.27 bits per heavy atom. The number of rotatable bonds is 2. The molecule has 0 aromatic heterocycles. The fourth-order valence-electron chi connectivity index (χ4n) is 1.36. The molecule has 80 valence electrons. The van der Waals surface area contributed by atoms with E-state index in [2.05, 4.69) is 5.32 Å². The Hall–Kier alpha value is -1.62. The van der Waals surface area contributed by atoms with Crippen LogP contribution in [-0.2, 0) is 0 Å². The second-order valence-corrected chi connectivity index (χ2v) is 3.61. The summed E-state index contributed by atoms with van der Waals surface area (Å²) in [6.45, 7) is 0. The number of hydrogen-bond acceptors (Lipinski definition) is 3. The second-order valence-electron chi connectivity index (χ2n) is 3.61. The molecule has 0 radical (unpaired) electrons. The molecule has 1 aliphatic rings. The van der Waals surface area contributed by atoms with Crippen molar-refractivity contribution < 1.29 is 14.3 Å². The third kappa shape index (κ3) is 1.92. The number of aromatic hydroxyl groups is 1. The topological polar surface area (TPSA) is 75.3 Å². The predicted molar refractivity (Wildman–Crippen MR) is 51.9 cm³/mol. The average Bonchev–Trinajstić information content (AvgIpc) is 2.81. The summed E-state index contributed by atoms with van der Waals surface area (Å²) < 4.78 is 13.2. The van der Waals surface area contributed by atoms with E-state index >= 15 is 0 Å². The van der Waals surface area contributed by atoms with Crippen LogP contribution in [0.1, 0.15) is 16.8 Å².